The number of phenolic OH excluding ortho intramolecular Hbond substituents is 1. The Hall–Kier alpha value is -2.77. The molecular formula is C16H13Cl2N3O4. The van der Waals surface area contributed by atoms with Crippen molar-refractivity contribution in [2.45, 2.75) is 0 Å². The highest BCUT2D eigenvalue weighted by molar-refractivity contribution is 6.42. The van der Waals surface area contributed by atoms with Gasteiger partial charge in [-0.2, -0.15) is 5.10 Å². The third-order valence-corrected chi connectivity index (χ3v) is 3.53. The van der Waals surface area contributed by atoms with Crippen LogP contribution in [0.4, 0.5) is 5.69 Å². The Morgan fingerprint density at radius 2 is 1.92 bits per heavy atom. The highest BCUT2D eigenvalue weighted by atomic mass is 35.5. The molecule has 0 heterocycles. The van der Waals surface area contributed by atoms with Gasteiger partial charge in [0.25, 0.3) is 0 Å². The van der Waals surface area contributed by atoms with Crippen LogP contribution >= 0.6 is 23.2 Å². The van der Waals surface area contributed by atoms with Crippen molar-refractivity contribution in [3.05, 3.63) is 52.0 Å². The Morgan fingerprint density at radius 3 is 2.64 bits per heavy atom. The number of carbonyl (C=O) groups excluding carboxylic acids is 2. The minimum atomic E-state index is -0.988. The van der Waals surface area contributed by atoms with E-state index >= 15 is 0 Å². The number of ether oxygens (including phenoxy) is 1. The highest BCUT2D eigenvalue weighted by Crippen LogP contribution is 2.26. The molecule has 2 aromatic rings. The first-order valence-corrected chi connectivity index (χ1v) is 7.62. The summed E-state index contributed by atoms with van der Waals surface area (Å²) in [6, 6.07) is 8.94. The van der Waals surface area contributed by atoms with Crippen LogP contribution in [0.15, 0.2) is 41.5 Å². The number of phenols is 1. The second kappa shape index (κ2) is 8.36. The molecule has 25 heavy (non-hydrogen) atoms. The zero-order valence-corrected chi connectivity index (χ0v) is 14.4. The van der Waals surface area contributed by atoms with Crippen molar-refractivity contribution in [1.82, 2.24) is 5.43 Å². The minimum absolute atomic E-state index is 0.0264. The minimum Gasteiger partial charge on any atom is -0.504 e. The number of halogens is 2. The molecule has 2 rings (SSSR count). The van der Waals surface area contributed by atoms with E-state index in [1.165, 1.54) is 37.6 Å². The molecule has 0 spiro atoms. The standard InChI is InChI=1S/C16H13Cl2N3O4/c1-25-14-6-9(2-5-13(14)22)8-19-21-16(24)15(23)20-12-7-10(17)3-4-11(12)18/h2-8,22H,1H3,(H,20,23)(H,21,24). The topological polar surface area (TPSA) is 100 Å². The van der Waals surface area contributed by atoms with Gasteiger partial charge in [-0.3, -0.25) is 9.59 Å². The molecule has 0 unspecified atom stereocenters. The van der Waals surface area contributed by atoms with Gasteiger partial charge in [-0.05, 0) is 42.0 Å². The predicted molar refractivity (Wildman–Crippen MR) is 95.5 cm³/mol. The molecule has 0 atom stereocenters. The van der Waals surface area contributed by atoms with E-state index in [0.717, 1.165) is 0 Å². The van der Waals surface area contributed by atoms with Gasteiger partial charge >= 0.3 is 11.8 Å². The Labute approximate surface area is 153 Å². The van der Waals surface area contributed by atoms with E-state index in [1.54, 1.807) is 12.1 Å². The number of aromatic hydroxyl groups is 1. The number of hydrogen-bond acceptors (Lipinski definition) is 5. The van der Waals surface area contributed by atoms with Gasteiger partial charge in [-0.15, -0.1) is 0 Å². The maximum Gasteiger partial charge on any atom is 0.329 e. The summed E-state index contributed by atoms with van der Waals surface area (Å²) in [5, 5.41) is 16.1. The van der Waals surface area contributed by atoms with Crippen molar-refractivity contribution >= 4 is 46.9 Å². The molecule has 0 aliphatic heterocycles. The molecule has 9 heteroatoms. The molecule has 0 fully saturated rings. The van der Waals surface area contributed by atoms with Crippen LogP contribution in [0.5, 0.6) is 11.5 Å². The molecule has 0 saturated carbocycles. The quantitative estimate of drug-likeness (QED) is 0.430. The third-order valence-electron chi connectivity index (χ3n) is 2.97. The van der Waals surface area contributed by atoms with E-state index in [4.69, 9.17) is 27.9 Å². The second-order valence-corrected chi connectivity index (χ2v) is 5.55. The molecule has 0 radical (unpaired) electrons. The van der Waals surface area contributed by atoms with Gasteiger partial charge in [-0.25, -0.2) is 5.43 Å². The van der Waals surface area contributed by atoms with Crippen molar-refractivity contribution in [2.75, 3.05) is 12.4 Å². The Morgan fingerprint density at radius 1 is 1.16 bits per heavy atom. The first kappa shape index (κ1) is 18.6. The van der Waals surface area contributed by atoms with Gasteiger partial charge in [0, 0.05) is 5.02 Å². The SMILES string of the molecule is COc1cc(C=NNC(=O)C(=O)Nc2cc(Cl)ccc2Cl)ccc1O. The summed E-state index contributed by atoms with van der Waals surface area (Å²) in [5.41, 5.74) is 2.84. The lowest BCUT2D eigenvalue weighted by Crippen LogP contribution is -2.32. The van der Waals surface area contributed by atoms with Gasteiger partial charge in [0.1, 0.15) is 0 Å². The van der Waals surface area contributed by atoms with Crippen molar-refractivity contribution in [3.63, 3.8) is 0 Å². The lowest BCUT2D eigenvalue weighted by molar-refractivity contribution is -0.136. The molecule has 0 saturated heterocycles. The van der Waals surface area contributed by atoms with Crippen LogP contribution in [0.1, 0.15) is 5.56 Å². The normalized spacial score (nSPS) is 10.5. The van der Waals surface area contributed by atoms with E-state index in [-0.39, 0.29) is 22.2 Å². The molecule has 0 aliphatic carbocycles. The number of rotatable bonds is 4. The Kier molecular flexibility index (Phi) is 6.21. The summed E-state index contributed by atoms with van der Waals surface area (Å²) in [6.45, 7) is 0. The molecule has 0 aliphatic rings. The molecule has 2 aromatic carbocycles. The number of nitrogens with zero attached hydrogens (tertiary/aromatic N) is 1. The maximum atomic E-state index is 11.8. The molecule has 2 amide bonds. The van der Waals surface area contributed by atoms with Gasteiger partial charge in [0.05, 0.1) is 24.0 Å². The van der Waals surface area contributed by atoms with E-state index < -0.39 is 11.8 Å². The monoisotopic (exact) mass is 381 g/mol. The summed E-state index contributed by atoms with van der Waals surface area (Å²) >= 11 is 11.7. The summed E-state index contributed by atoms with van der Waals surface area (Å²) in [7, 11) is 1.41. The number of carbonyl (C=O) groups is 2. The zero-order chi connectivity index (χ0) is 18.4. The fourth-order valence-corrected chi connectivity index (χ4v) is 2.10. The molecule has 0 bridgehead atoms. The first-order chi connectivity index (χ1) is 11.9. The van der Waals surface area contributed by atoms with Crippen LogP contribution in [0.2, 0.25) is 10.0 Å². The van der Waals surface area contributed by atoms with Crippen LogP contribution in [0.25, 0.3) is 0 Å². The lowest BCUT2D eigenvalue weighted by atomic mass is 10.2. The van der Waals surface area contributed by atoms with E-state index in [9.17, 15) is 14.7 Å². The van der Waals surface area contributed by atoms with Crippen molar-refractivity contribution in [2.24, 2.45) is 5.10 Å². The average molecular weight is 382 g/mol. The fraction of sp³-hybridized carbons (Fsp3) is 0.0625. The van der Waals surface area contributed by atoms with E-state index in [1.807, 2.05) is 0 Å². The van der Waals surface area contributed by atoms with Crippen molar-refractivity contribution in [1.29, 1.82) is 0 Å². The number of hydrogen-bond donors (Lipinski definition) is 3. The summed E-state index contributed by atoms with van der Waals surface area (Å²) in [5.74, 6) is -1.72. The molecule has 3 N–H and O–H groups in total. The smallest absolute Gasteiger partial charge is 0.329 e. The number of methoxy groups -OCH3 is 1. The largest absolute Gasteiger partial charge is 0.504 e. The first-order valence-electron chi connectivity index (χ1n) is 6.87. The summed E-state index contributed by atoms with van der Waals surface area (Å²) in [4.78, 5) is 23.5. The Balaban J connectivity index is 1.97. The van der Waals surface area contributed by atoms with Gasteiger partial charge < -0.3 is 15.2 Å². The van der Waals surface area contributed by atoms with Gasteiger partial charge in [-0.1, -0.05) is 23.2 Å². The summed E-state index contributed by atoms with van der Waals surface area (Å²) < 4.78 is 4.95. The zero-order valence-electron chi connectivity index (χ0n) is 12.9. The second-order valence-electron chi connectivity index (χ2n) is 4.71. The van der Waals surface area contributed by atoms with Crippen molar-refractivity contribution in [3.8, 4) is 11.5 Å². The van der Waals surface area contributed by atoms with E-state index in [0.29, 0.717) is 10.6 Å². The Bertz CT molecular complexity index is 840. The van der Waals surface area contributed by atoms with E-state index in [2.05, 4.69) is 15.8 Å². The number of nitrogens with one attached hydrogen (secondary N) is 2. The molecule has 7 nitrogen and oxygen atoms in total. The average Bonchev–Trinajstić information content (AvgIpc) is 2.59. The number of hydrazone groups is 1. The molecular weight excluding hydrogens is 369 g/mol. The molecule has 0 aromatic heterocycles. The third kappa shape index (κ3) is 5.10. The van der Waals surface area contributed by atoms with Crippen LogP contribution < -0.4 is 15.5 Å². The molecule has 130 valence electrons. The van der Waals surface area contributed by atoms with Gasteiger partial charge in [0.2, 0.25) is 0 Å². The van der Waals surface area contributed by atoms with Crippen molar-refractivity contribution < 1.29 is 19.4 Å². The van der Waals surface area contributed by atoms with Crippen LogP contribution in [-0.4, -0.2) is 30.2 Å². The summed E-state index contributed by atoms with van der Waals surface area (Å²) in [6.07, 6.45) is 1.29. The number of anilines is 1. The lowest BCUT2D eigenvalue weighted by Gasteiger charge is -2.06. The van der Waals surface area contributed by atoms with Crippen LogP contribution in [0, 0.1) is 0 Å². The van der Waals surface area contributed by atoms with Gasteiger partial charge in [0.15, 0.2) is 11.5 Å². The number of benzene rings is 2. The number of amides is 2. The predicted octanol–water partition coefficient (Wildman–Crippen LogP) is 2.80. The van der Waals surface area contributed by atoms with Crippen LogP contribution in [0.3, 0.4) is 0 Å². The van der Waals surface area contributed by atoms with Crippen LogP contribution in [-0.2, 0) is 9.59 Å². The maximum absolute atomic E-state index is 11.8. The fourth-order valence-electron chi connectivity index (χ4n) is 1.76. The highest BCUT2D eigenvalue weighted by Gasteiger charge is 2.14.